The number of hydrogen-bond acceptors (Lipinski definition) is 2. The number of benzene rings is 1. The Balaban J connectivity index is 2.02. The molecular formula is C14H20FNO. The van der Waals surface area contributed by atoms with Gasteiger partial charge in [-0.1, -0.05) is 12.1 Å². The van der Waals surface area contributed by atoms with Crippen molar-refractivity contribution in [3.05, 3.63) is 35.1 Å². The zero-order chi connectivity index (χ0) is 12.1. The first-order chi connectivity index (χ1) is 8.29. The number of methoxy groups -OCH3 is 1. The standard InChI is InChI=1S/C14H20FNO/c1-17-10-13-9-12(2-3-14(13)15)8-11-4-6-16-7-5-11/h2-3,9,11,16H,4-8,10H2,1H3. The number of piperidine rings is 1. The van der Waals surface area contributed by atoms with Crippen molar-refractivity contribution in [2.45, 2.75) is 25.9 Å². The molecule has 0 spiro atoms. The lowest BCUT2D eigenvalue weighted by Gasteiger charge is -2.22. The SMILES string of the molecule is COCc1cc(CC2CCNCC2)ccc1F. The Morgan fingerprint density at radius 2 is 2.12 bits per heavy atom. The molecule has 0 saturated carbocycles. The van der Waals surface area contributed by atoms with Crippen LogP contribution in [0.5, 0.6) is 0 Å². The fourth-order valence-corrected chi connectivity index (χ4v) is 2.44. The number of nitrogens with one attached hydrogen (secondary N) is 1. The second-order valence-electron chi connectivity index (χ2n) is 4.76. The summed E-state index contributed by atoms with van der Waals surface area (Å²) in [6.07, 6.45) is 3.49. The lowest BCUT2D eigenvalue weighted by Crippen LogP contribution is -2.28. The van der Waals surface area contributed by atoms with Gasteiger partial charge in [0.2, 0.25) is 0 Å². The van der Waals surface area contributed by atoms with Gasteiger partial charge in [-0.05, 0) is 49.9 Å². The van der Waals surface area contributed by atoms with Gasteiger partial charge in [0.15, 0.2) is 0 Å². The van der Waals surface area contributed by atoms with Crippen molar-refractivity contribution < 1.29 is 9.13 Å². The largest absolute Gasteiger partial charge is 0.380 e. The lowest BCUT2D eigenvalue weighted by molar-refractivity contribution is 0.181. The van der Waals surface area contributed by atoms with Gasteiger partial charge < -0.3 is 10.1 Å². The first kappa shape index (κ1) is 12.5. The summed E-state index contributed by atoms with van der Waals surface area (Å²) in [5.74, 6) is 0.568. The molecular weight excluding hydrogens is 217 g/mol. The van der Waals surface area contributed by atoms with Crippen molar-refractivity contribution in [2.75, 3.05) is 20.2 Å². The van der Waals surface area contributed by atoms with Crippen LogP contribution >= 0.6 is 0 Å². The van der Waals surface area contributed by atoms with Gasteiger partial charge in [0.05, 0.1) is 6.61 Å². The van der Waals surface area contributed by atoms with Crippen LogP contribution in [0.25, 0.3) is 0 Å². The van der Waals surface area contributed by atoms with E-state index in [4.69, 9.17) is 4.74 Å². The fraction of sp³-hybridized carbons (Fsp3) is 0.571. The molecule has 94 valence electrons. The van der Waals surface area contributed by atoms with Gasteiger partial charge in [0.25, 0.3) is 0 Å². The molecule has 0 atom stereocenters. The molecule has 17 heavy (non-hydrogen) atoms. The van der Waals surface area contributed by atoms with Crippen molar-refractivity contribution in [3.63, 3.8) is 0 Å². The van der Waals surface area contributed by atoms with Gasteiger partial charge in [-0.3, -0.25) is 0 Å². The number of rotatable bonds is 4. The van der Waals surface area contributed by atoms with E-state index in [1.54, 1.807) is 13.2 Å². The summed E-state index contributed by atoms with van der Waals surface area (Å²) in [4.78, 5) is 0. The van der Waals surface area contributed by atoms with Crippen LogP contribution in [0.1, 0.15) is 24.0 Å². The first-order valence-corrected chi connectivity index (χ1v) is 6.26. The average Bonchev–Trinajstić information content (AvgIpc) is 2.35. The quantitative estimate of drug-likeness (QED) is 0.868. The Morgan fingerprint density at radius 3 is 2.82 bits per heavy atom. The Labute approximate surface area is 102 Å². The second kappa shape index (κ2) is 6.12. The minimum absolute atomic E-state index is 0.166. The zero-order valence-corrected chi connectivity index (χ0v) is 10.3. The van der Waals surface area contributed by atoms with Crippen molar-refractivity contribution in [3.8, 4) is 0 Å². The van der Waals surface area contributed by atoms with Crippen molar-refractivity contribution >= 4 is 0 Å². The molecule has 2 rings (SSSR count). The monoisotopic (exact) mass is 237 g/mol. The highest BCUT2D eigenvalue weighted by Crippen LogP contribution is 2.20. The number of ether oxygens (including phenoxy) is 1. The van der Waals surface area contributed by atoms with Gasteiger partial charge >= 0.3 is 0 Å². The van der Waals surface area contributed by atoms with Crippen LogP contribution < -0.4 is 5.32 Å². The Morgan fingerprint density at radius 1 is 1.35 bits per heavy atom. The summed E-state index contributed by atoms with van der Waals surface area (Å²) in [5.41, 5.74) is 1.89. The van der Waals surface area contributed by atoms with E-state index < -0.39 is 0 Å². The third kappa shape index (κ3) is 3.51. The molecule has 1 aromatic carbocycles. The molecule has 2 nitrogen and oxygen atoms in total. The summed E-state index contributed by atoms with van der Waals surface area (Å²) in [7, 11) is 1.60. The highest BCUT2D eigenvalue weighted by Gasteiger charge is 2.14. The molecule has 1 aliphatic rings. The van der Waals surface area contributed by atoms with Crippen LogP contribution in [0.4, 0.5) is 4.39 Å². The minimum Gasteiger partial charge on any atom is -0.380 e. The lowest BCUT2D eigenvalue weighted by atomic mass is 9.90. The van der Waals surface area contributed by atoms with Gasteiger partial charge in [-0.2, -0.15) is 0 Å². The molecule has 1 N–H and O–H groups in total. The van der Waals surface area contributed by atoms with Crippen LogP contribution in [0, 0.1) is 11.7 Å². The maximum Gasteiger partial charge on any atom is 0.128 e. The van der Waals surface area contributed by atoms with E-state index in [1.165, 1.54) is 18.4 Å². The van der Waals surface area contributed by atoms with Gasteiger partial charge in [0, 0.05) is 12.7 Å². The number of halogens is 1. The predicted molar refractivity (Wildman–Crippen MR) is 66.4 cm³/mol. The highest BCUT2D eigenvalue weighted by molar-refractivity contribution is 5.25. The molecule has 1 saturated heterocycles. The summed E-state index contributed by atoms with van der Waals surface area (Å²) < 4.78 is 18.4. The molecule has 3 heteroatoms. The van der Waals surface area contributed by atoms with E-state index in [0.717, 1.165) is 25.4 Å². The molecule has 1 fully saturated rings. The molecule has 1 heterocycles. The van der Waals surface area contributed by atoms with Crippen LogP contribution in [0.3, 0.4) is 0 Å². The second-order valence-corrected chi connectivity index (χ2v) is 4.76. The first-order valence-electron chi connectivity index (χ1n) is 6.26. The van der Waals surface area contributed by atoms with Gasteiger partial charge in [0.1, 0.15) is 5.82 Å². The summed E-state index contributed by atoms with van der Waals surface area (Å²) in [5, 5.41) is 3.36. The van der Waals surface area contributed by atoms with E-state index in [0.29, 0.717) is 12.2 Å². The molecule has 1 aliphatic heterocycles. The smallest absolute Gasteiger partial charge is 0.128 e. The van der Waals surface area contributed by atoms with Crippen LogP contribution in [-0.4, -0.2) is 20.2 Å². The van der Waals surface area contributed by atoms with Crippen LogP contribution in [-0.2, 0) is 17.8 Å². The average molecular weight is 237 g/mol. The third-order valence-corrected chi connectivity index (χ3v) is 3.39. The minimum atomic E-state index is -0.166. The molecule has 0 bridgehead atoms. The Bertz CT molecular complexity index is 361. The van der Waals surface area contributed by atoms with E-state index in [9.17, 15) is 4.39 Å². The molecule has 1 aromatic rings. The van der Waals surface area contributed by atoms with Crippen molar-refractivity contribution in [1.29, 1.82) is 0 Å². The maximum absolute atomic E-state index is 13.4. The summed E-state index contributed by atoms with van der Waals surface area (Å²) in [6, 6.07) is 5.40. The summed E-state index contributed by atoms with van der Waals surface area (Å²) in [6.45, 7) is 2.57. The molecule has 0 radical (unpaired) electrons. The van der Waals surface area contributed by atoms with E-state index in [1.807, 2.05) is 12.1 Å². The topological polar surface area (TPSA) is 21.3 Å². The van der Waals surface area contributed by atoms with E-state index in [2.05, 4.69) is 5.32 Å². The third-order valence-electron chi connectivity index (χ3n) is 3.39. The normalized spacial score (nSPS) is 17.3. The summed E-state index contributed by atoms with van der Waals surface area (Å²) >= 11 is 0. The number of hydrogen-bond donors (Lipinski definition) is 1. The predicted octanol–water partition coefficient (Wildman–Crippen LogP) is 2.51. The van der Waals surface area contributed by atoms with Gasteiger partial charge in [-0.15, -0.1) is 0 Å². The van der Waals surface area contributed by atoms with E-state index in [-0.39, 0.29) is 5.82 Å². The fourth-order valence-electron chi connectivity index (χ4n) is 2.44. The van der Waals surface area contributed by atoms with Crippen molar-refractivity contribution in [1.82, 2.24) is 5.32 Å². The molecule has 0 aromatic heterocycles. The Kier molecular flexibility index (Phi) is 4.51. The highest BCUT2D eigenvalue weighted by atomic mass is 19.1. The zero-order valence-electron chi connectivity index (χ0n) is 10.3. The van der Waals surface area contributed by atoms with Gasteiger partial charge in [-0.25, -0.2) is 4.39 Å². The van der Waals surface area contributed by atoms with E-state index >= 15 is 0 Å². The molecule has 0 amide bonds. The van der Waals surface area contributed by atoms with Crippen molar-refractivity contribution in [2.24, 2.45) is 5.92 Å². The van der Waals surface area contributed by atoms with Crippen LogP contribution in [0.15, 0.2) is 18.2 Å². The maximum atomic E-state index is 13.4. The molecule has 0 aliphatic carbocycles. The molecule has 0 unspecified atom stereocenters. The van der Waals surface area contributed by atoms with Crippen LogP contribution in [0.2, 0.25) is 0 Å². The Hall–Kier alpha value is -0.930.